The summed E-state index contributed by atoms with van der Waals surface area (Å²) in [5, 5.41) is 18.7. The highest BCUT2D eigenvalue weighted by atomic mass is 127. The first-order chi connectivity index (χ1) is 5.88. The lowest BCUT2D eigenvalue weighted by molar-refractivity contribution is -0.884. The minimum Gasteiger partial charge on any atom is -1.00 e. The maximum Gasteiger partial charge on any atom is 0.124 e. The van der Waals surface area contributed by atoms with Crippen molar-refractivity contribution in [3.8, 4) is 11.5 Å². The molecule has 1 aromatic rings. The fraction of sp³-hybridized carbons (Fsp3) is 0.400. The average Bonchev–Trinajstić information content (AvgIpc) is 1.94. The number of nitrogens with zero attached hydrogens (tertiary/aromatic N) is 1. The molecule has 0 aliphatic heterocycles. The second kappa shape index (κ2) is 4.84. The van der Waals surface area contributed by atoms with Crippen LogP contribution in [0.5, 0.6) is 11.5 Å². The minimum absolute atomic E-state index is 0. The molecular weight excluding hydrogens is 293 g/mol. The second-order valence-electron chi connectivity index (χ2n) is 4.26. The lowest BCUT2D eigenvalue weighted by Crippen LogP contribution is -3.00. The molecule has 0 saturated heterocycles. The highest BCUT2D eigenvalue weighted by Crippen LogP contribution is 2.23. The highest BCUT2D eigenvalue weighted by molar-refractivity contribution is 5.37. The minimum atomic E-state index is 0. The summed E-state index contributed by atoms with van der Waals surface area (Å²) in [7, 11) is 6.09. The first-order valence-electron chi connectivity index (χ1n) is 4.20. The van der Waals surface area contributed by atoms with Gasteiger partial charge in [-0.15, -0.1) is 0 Å². The zero-order valence-corrected chi connectivity index (χ0v) is 10.8. The number of aromatic hydroxyl groups is 2. The van der Waals surface area contributed by atoms with E-state index in [9.17, 15) is 10.2 Å². The Hall–Kier alpha value is -0.490. The number of phenols is 2. The average molecular weight is 309 g/mol. The van der Waals surface area contributed by atoms with E-state index in [2.05, 4.69) is 0 Å². The fourth-order valence-electron chi connectivity index (χ4n) is 1.21. The van der Waals surface area contributed by atoms with Crippen LogP contribution in [0, 0.1) is 0 Å². The zero-order valence-electron chi connectivity index (χ0n) is 8.66. The van der Waals surface area contributed by atoms with E-state index in [0.717, 1.165) is 10.0 Å². The van der Waals surface area contributed by atoms with Crippen molar-refractivity contribution in [1.82, 2.24) is 0 Å². The van der Waals surface area contributed by atoms with Crippen molar-refractivity contribution >= 4 is 0 Å². The first-order valence-corrected chi connectivity index (χ1v) is 4.20. The monoisotopic (exact) mass is 309 g/mol. The molecule has 14 heavy (non-hydrogen) atoms. The summed E-state index contributed by atoms with van der Waals surface area (Å²) in [6.07, 6.45) is 0. The van der Waals surface area contributed by atoms with Crippen molar-refractivity contribution in [2.75, 3.05) is 21.1 Å². The molecule has 3 nitrogen and oxygen atoms in total. The van der Waals surface area contributed by atoms with Crippen molar-refractivity contribution in [3.63, 3.8) is 0 Å². The normalized spacial score (nSPS) is 10.8. The number of halogens is 1. The van der Waals surface area contributed by atoms with Gasteiger partial charge in [-0.3, -0.25) is 0 Å². The molecule has 2 N–H and O–H groups in total. The maximum atomic E-state index is 9.48. The Labute approximate surface area is 102 Å². The van der Waals surface area contributed by atoms with E-state index in [1.54, 1.807) is 6.07 Å². The quantitative estimate of drug-likeness (QED) is 0.389. The molecule has 0 amide bonds. The molecule has 0 aromatic heterocycles. The van der Waals surface area contributed by atoms with Gasteiger partial charge in [0, 0.05) is 0 Å². The van der Waals surface area contributed by atoms with Crippen LogP contribution >= 0.6 is 0 Å². The van der Waals surface area contributed by atoms with Gasteiger partial charge in [-0.2, -0.15) is 0 Å². The van der Waals surface area contributed by atoms with Crippen LogP contribution in [0.3, 0.4) is 0 Å². The van der Waals surface area contributed by atoms with Crippen LogP contribution in [0.25, 0.3) is 0 Å². The molecule has 0 bridgehead atoms. The Bertz CT molecular complexity index is 307. The van der Waals surface area contributed by atoms with Gasteiger partial charge in [0.1, 0.15) is 18.0 Å². The third-order valence-electron chi connectivity index (χ3n) is 1.71. The van der Waals surface area contributed by atoms with E-state index < -0.39 is 0 Å². The van der Waals surface area contributed by atoms with Gasteiger partial charge in [0.15, 0.2) is 0 Å². The standard InChI is InChI=1S/C10H15NO2.HI/c1-11(2,3)7-8-6-9(12)4-5-10(8)13;/h4-6H,7H2,1-3H3,(H-,12,13);1H. The smallest absolute Gasteiger partial charge is 0.124 e. The zero-order chi connectivity index (χ0) is 10.1. The van der Waals surface area contributed by atoms with E-state index in [0.29, 0.717) is 6.54 Å². The third-order valence-corrected chi connectivity index (χ3v) is 1.71. The molecule has 4 heteroatoms. The van der Waals surface area contributed by atoms with E-state index in [-0.39, 0.29) is 35.5 Å². The molecule has 0 heterocycles. The van der Waals surface area contributed by atoms with Crippen LogP contribution in [-0.4, -0.2) is 35.8 Å². The van der Waals surface area contributed by atoms with Crippen molar-refractivity contribution < 1.29 is 38.7 Å². The summed E-state index contributed by atoms with van der Waals surface area (Å²) >= 11 is 0. The topological polar surface area (TPSA) is 40.5 Å². The van der Waals surface area contributed by atoms with Crippen LogP contribution in [0.2, 0.25) is 0 Å². The lowest BCUT2D eigenvalue weighted by atomic mass is 10.1. The number of phenolic OH excluding ortho intramolecular Hbond substituents is 2. The van der Waals surface area contributed by atoms with Crippen LogP contribution < -0.4 is 24.0 Å². The predicted octanol–water partition coefficient (Wildman–Crippen LogP) is -1.69. The fourth-order valence-corrected chi connectivity index (χ4v) is 1.21. The van der Waals surface area contributed by atoms with E-state index in [1.807, 2.05) is 21.1 Å². The number of hydrogen-bond acceptors (Lipinski definition) is 2. The van der Waals surface area contributed by atoms with Crippen LogP contribution in [-0.2, 0) is 6.54 Å². The van der Waals surface area contributed by atoms with Crippen LogP contribution in [0.4, 0.5) is 0 Å². The van der Waals surface area contributed by atoms with E-state index >= 15 is 0 Å². The van der Waals surface area contributed by atoms with Gasteiger partial charge in [-0.1, -0.05) is 0 Å². The van der Waals surface area contributed by atoms with Crippen LogP contribution in [0.15, 0.2) is 18.2 Å². The SMILES string of the molecule is C[N+](C)(C)Cc1cc(O)ccc1O.[I-]. The van der Waals surface area contributed by atoms with Crippen molar-refractivity contribution in [2.45, 2.75) is 6.54 Å². The van der Waals surface area contributed by atoms with Crippen molar-refractivity contribution in [3.05, 3.63) is 23.8 Å². The van der Waals surface area contributed by atoms with Crippen molar-refractivity contribution in [2.24, 2.45) is 0 Å². The summed E-state index contributed by atoms with van der Waals surface area (Å²) in [5.74, 6) is 0.437. The molecule has 0 unspecified atom stereocenters. The maximum absolute atomic E-state index is 9.48. The van der Waals surface area contributed by atoms with Gasteiger partial charge in [0.2, 0.25) is 0 Å². The Morgan fingerprint density at radius 1 is 1.14 bits per heavy atom. The van der Waals surface area contributed by atoms with Gasteiger partial charge >= 0.3 is 0 Å². The Morgan fingerprint density at radius 2 is 1.71 bits per heavy atom. The third kappa shape index (κ3) is 4.15. The number of rotatable bonds is 2. The predicted molar refractivity (Wildman–Crippen MR) is 51.5 cm³/mol. The van der Waals surface area contributed by atoms with Gasteiger partial charge in [0.25, 0.3) is 0 Å². The first kappa shape index (κ1) is 13.5. The van der Waals surface area contributed by atoms with Gasteiger partial charge < -0.3 is 38.7 Å². The molecule has 0 atom stereocenters. The molecule has 0 aliphatic rings. The summed E-state index contributed by atoms with van der Waals surface area (Å²) in [6, 6.07) is 4.59. The number of benzene rings is 1. The number of quaternary nitrogens is 1. The molecule has 0 spiro atoms. The molecule has 0 aliphatic carbocycles. The second-order valence-corrected chi connectivity index (χ2v) is 4.26. The van der Waals surface area contributed by atoms with Crippen molar-refractivity contribution in [1.29, 1.82) is 0 Å². The molecule has 0 fully saturated rings. The summed E-state index contributed by atoms with van der Waals surface area (Å²) < 4.78 is 0.719. The lowest BCUT2D eigenvalue weighted by Gasteiger charge is -2.24. The Morgan fingerprint density at radius 3 is 2.21 bits per heavy atom. The summed E-state index contributed by atoms with van der Waals surface area (Å²) in [4.78, 5) is 0. The molecule has 0 saturated carbocycles. The van der Waals surface area contributed by atoms with Crippen LogP contribution in [0.1, 0.15) is 5.56 Å². The summed E-state index contributed by atoms with van der Waals surface area (Å²) in [5.41, 5.74) is 0.771. The summed E-state index contributed by atoms with van der Waals surface area (Å²) in [6.45, 7) is 0.695. The van der Waals surface area contributed by atoms with E-state index in [1.165, 1.54) is 12.1 Å². The van der Waals surface area contributed by atoms with E-state index in [4.69, 9.17) is 0 Å². The van der Waals surface area contributed by atoms with Gasteiger partial charge in [-0.05, 0) is 18.2 Å². The van der Waals surface area contributed by atoms with Gasteiger partial charge in [-0.25, -0.2) is 0 Å². The molecule has 1 rings (SSSR count). The molecule has 1 aromatic carbocycles. The molecule has 0 radical (unpaired) electrons. The largest absolute Gasteiger partial charge is 1.00 e. The Kier molecular flexibility index (Phi) is 4.67. The molecular formula is C10H16INO2. The highest BCUT2D eigenvalue weighted by Gasteiger charge is 2.12. The number of hydrogen-bond donors (Lipinski definition) is 2. The van der Waals surface area contributed by atoms with Gasteiger partial charge in [0.05, 0.1) is 26.7 Å². The Balaban J connectivity index is 0.00000169. The molecule has 80 valence electrons.